The van der Waals surface area contributed by atoms with Gasteiger partial charge in [0.05, 0.1) is 5.39 Å². The number of rotatable bonds is 5. The van der Waals surface area contributed by atoms with E-state index in [9.17, 15) is 9.90 Å². The van der Waals surface area contributed by atoms with E-state index in [1.165, 1.54) is 23.2 Å². The maximum absolute atomic E-state index is 11.3. The van der Waals surface area contributed by atoms with Crippen LogP contribution < -0.4 is 5.32 Å². The maximum Gasteiger partial charge on any atom is 0.326 e. The molecule has 106 valence electrons. The number of aryl methyl sites for hydroxylation is 2. The Hall–Kier alpha value is -1.69. The van der Waals surface area contributed by atoms with Crippen molar-refractivity contribution in [2.75, 3.05) is 5.32 Å². The standard InChI is InChI=1S/C14H17N3O2S/c1-2-4-9(14(18)19)17-12-11-8-5-3-6-10(8)20-13(11)16-7-15-12/h7,9H,2-6H2,1H3,(H,18,19)(H,15,16,17). The number of carboxylic acid groups (broad SMARTS) is 1. The van der Waals surface area contributed by atoms with Gasteiger partial charge < -0.3 is 10.4 Å². The van der Waals surface area contributed by atoms with Gasteiger partial charge in [0.15, 0.2) is 0 Å². The fourth-order valence-electron chi connectivity index (χ4n) is 2.75. The van der Waals surface area contributed by atoms with Gasteiger partial charge in [0.1, 0.15) is 23.0 Å². The predicted octanol–water partition coefficient (Wildman–Crippen LogP) is 2.85. The first kappa shape index (κ1) is 13.3. The van der Waals surface area contributed by atoms with Crippen molar-refractivity contribution in [1.82, 2.24) is 9.97 Å². The van der Waals surface area contributed by atoms with Gasteiger partial charge in [-0.1, -0.05) is 13.3 Å². The molecule has 0 amide bonds. The van der Waals surface area contributed by atoms with Crippen LogP contribution >= 0.6 is 11.3 Å². The van der Waals surface area contributed by atoms with Gasteiger partial charge >= 0.3 is 5.97 Å². The molecule has 3 rings (SSSR count). The SMILES string of the molecule is CCCC(Nc1ncnc2sc3c(c12)CCC3)C(=O)O. The van der Waals surface area contributed by atoms with Crippen molar-refractivity contribution in [3.8, 4) is 0 Å². The first-order chi connectivity index (χ1) is 9.70. The quantitative estimate of drug-likeness (QED) is 0.886. The number of aromatic nitrogens is 2. The average Bonchev–Trinajstić information content (AvgIpc) is 2.98. The maximum atomic E-state index is 11.3. The van der Waals surface area contributed by atoms with Crippen LogP contribution in [0.2, 0.25) is 0 Å². The second-order valence-corrected chi connectivity index (χ2v) is 6.17. The summed E-state index contributed by atoms with van der Waals surface area (Å²) in [4.78, 5) is 22.3. The highest BCUT2D eigenvalue weighted by Gasteiger charge is 2.23. The molecule has 0 fully saturated rings. The molecular formula is C14H17N3O2S. The van der Waals surface area contributed by atoms with Crippen molar-refractivity contribution in [1.29, 1.82) is 0 Å². The van der Waals surface area contributed by atoms with Gasteiger partial charge in [-0.25, -0.2) is 14.8 Å². The van der Waals surface area contributed by atoms with Gasteiger partial charge in [-0.15, -0.1) is 11.3 Å². The molecule has 2 aromatic heterocycles. The number of hydrogen-bond acceptors (Lipinski definition) is 5. The van der Waals surface area contributed by atoms with Gasteiger partial charge in [-0.3, -0.25) is 0 Å². The first-order valence-electron chi connectivity index (χ1n) is 6.95. The second kappa shape index (κ2) is 5.36. The lowest BCUT2D eigenvalue weighted by Gasteiger charge is -2.15. The fraction of sp³-hybridized carbons (Fsp3) is 0.500. The Labute approximate surface area is 121 Å². The molecule has 1 aliphatic carbocycles. The van der Waals surface area contributed by atoms with Crippen LogP contribution in [0.3, 0.4) is 0 Å². The van der Waals surface area contributed by atoms with Gasteiger partial charge in [0, 0.05) is 4.88 Å². The Kier molecular flexibility index (Phi) is 3.56. The normalized spacial score (nSPS) is 15.2. The van der Waals surface area contributed by atoms with E-state index in [1.54, 1.807) is 11.3 Å². The van der Waals surface area contributed by atoms with E-state index in [0.717, 1.165) is 29.5 Å². The van der Waals surface area contributed by atoms with Crippen LogP contribution in [0.25, 0.3) is 10.2 Å². The number of carbonyl (C=O) groups is 1. The summed E-state index contributed by atoms with van der Waals surface area (Å²) in [5.74, 6) is -0.152. The zero-order chi connectivity index (χ0) is 14.1. The Morgan fingerprint density at radius 2 is 2.35 bits per heavy atom. The molecule has 0 aromatic carbocycles. The topological polar surface area (TPSA) is 75.1 Å². The van der Waals surface area contributed by atoms with Crippen molar-refractivity contribution in [3.63, 3.8) is 0 Å². The Bertz CT molecular complexity index is 653. The van der Waals surface area contributed by atoms with Gasteiger partial charge in [0.2, 0.25) is 0 Å². The number of aliphatic carboxylic acids is 1. The molecular weight excluding hydrogens is 274 g/mol. The lowest BCUT2D eigenvalue weighted by atomic mass is 10.1. The first-order valence-corrected chi connectivity index (χ1v) is 7.77. The number of anilines is 1. The summed E-state index contributed by atoms with van der Waals surface area (Å²) in [5.41, 5.74) is 1.31. The highest BCUT2D eigenvalue weighted by Crippen LogP contribution is 2.39. The molecule has 0 spiro atoms. The lowest BCUT2D eigenvalue weighted by molar-refractivity contribution is -0.138. The molecule has 1 atom stereocenters. The van der Waals surface area contributed by atoms with Crippen molar-refractivity contribution in [2.24, 2.45) is 0 Å². The number of fused-ring (bicyclic) bond motifs is 3. The number of carboxylic acids is 1. The van der Waals surface area contributed by atoms with E-state index in [2.05, 4.69) is 15.3 Å². The molecule has 20 heavy (non-hydrogen) atoms. The second-order valence-electron chi connectivity index (χ2n) is 5.08. The summed E-state index contributed by atoms with van der Waals surface area (Å²) in [6.45, 7) is 1.98. The molecule has 0 aliphatic heterocycles. The van der Waals surface area contributed by atoms with E-state index >= 15 is 0 Å². The molecule has 2 N–H and O–H groups in total. The number of thiophene rings is 1. The summed E-state index contributed by atoms with van der Waals surface area (Å²) in [6, 6.07) is -0.588. The van der Waals surface area contributed by atoms with Crippen LogP contribution in [0.1, 0.15) is 36.6 Å². The summed E-state index contributed by atoms with van der Waals surface area (Å²) in [5, 5.41) is 13.4. The van der Waals surface area contributed by atoms with Crippen molar-refractivity contribution >= 4 is 33.3 Å². The minimum Gasteiger partial charge on any atom is -0.480 e. The lowest BCUT2D eigenvalue weighted by Crippen LogP contribution is -2.29. The number of nitrogens with zero attached hydrogens (tertiary/aromatic N) is 2. The predicted molar refractivity (Wildman–Crippen MR) is 79.4 cm³/mol. The molecule has 0 saturated carbocycles. The molecule has 1 aliphatic rings. The molecule has 1 unspecified atom stereocenters. The van der Waals surface area contributed by atoms with Crippen LogP contribution in [0.5, 0.6) is 0 Å². The molecule has 2 heterocycles. The number of hydrogen-bond donors (Lipinski definition) is 2. The molecule has 0 saturated heterocycles. The van der Waals surface area contributed by atoms with Crippen molar-refractivity contribution < 1.29 is 9.90 Å². The minimum atomic E-state index is -0.828. The Morgan fingerprint density at radius 1 is 1.50 bits per heavy atom. The Balaban J connectivity index is 2.00. The van der Waals surface area contributed by atoms with Crippen LogP contribution in [0.4, 0.5) is 5.82 Å². The zero-order valence-corrected chi connectivity index (χ0v) is 12.2. The van der Waals surface area contributed by atoms with E-state index in [1.807, 2.05) is 6.92 Å². The van der Waals surface area contributed by atoms with Gasteiger partial charge in [-0.05, 0) is 31.2 Å². The third-order valence-electron chi connectivity index (χ3n) is 3.69. The molecule has 0 bridgehead atoms. The summed E-state index contributed by atoms with van der Waals surface area (Å²) < 4.78 is 0. The van der Waals surface area contributed by atoms with Gasteiger partial charge in [0.25, 0.3) is 0 Å². The smallest absolute Gasteiger partial charge is 0.326 e. The van der Waals surface area contributed by atoms with E-state index in [-0.39, 0.29) is 0 Å². The molecule has 2 aromatic rings. The summed E-state index contributed by atoms with van der Waals surface area (Å²) in [6.07, 6.45) is 6.24. The fourth-order valence-corrected chi connectivity index (χ4v) is 3.98. The van der Waals surface area contributed by atoms with E-state index < -0.39 is 12.0 Å². The zero-order valence-electron chi connectivity index (χ0n) is 11.3. The highest BCUT2D eigenvalue weighted by atomic mass is 32.1. The van der Waals surface area contributed by atoms with Crippen LogP contribution in [-0.2, 0) is 17.6 Å². The monoisotopic (exact) mass is 291 g/mol. The molecule has 0 radical (unpaired) electrons. The molecule has 6 heteroatoms. The highest BCUT2D eigenvalue weighted by molar-refractivity contribution is 7.19. The van der Waals surface area contributed by atoms with Crippen LogP contribution in [-0.4, -0.2) is 27.1 Å². The van der Waals surface area contributed by atoms with Crippen LogP contribution in [0.15, 0.2) is 6.33 Å². The largest absolute Gasteiger partial charge is 0.480 e. The van der Waals surface area contributed by atoms with Crippen LogP contribution in [0, 0.1) is 0 Å². The number of nitrogens with one attached hydrogen (secondary N) is 1. The van der Waals surface area contributed by atoms with E-state index in [0.29, 0.717) is 12.2 Å². The minimum absolute atomic E-state index is 0.588. The third-order valence-corrected chi connectivity index (χ3v) is 4.89. The summed E-state index contributed by atoms with van der Waals surface area (Å²) in [7, 11) is 0. The van der Waals surface area contributed by atoms with Crippen molar-refractivity contribution in [2.45, 2.75) is 45.1 Å². The summed E-state index contributed by atoms with van der Waals surface area (Å²) >= 11 is 1.71. The van der Waals surface area contributed by atoms with Gasteiger partial charge in [-0.2, -0.15) is 0 Å². The Morgan fingerprint density at radius 3 is 3.10 bits per heavy atom. The molecule has 5 nitrogen and oxygen atoms in total. The third kappa shape index (κ3) is 2.24. The van der Waals surface area contributed by atoms with Crippen molar-refractivity contribution in [3.05, 3.63) is 16.8 Å². The van der Waals surface area contributed by atoms with E-state index in [4.69, 9.17) is 0 Å². The average molecular weight is 291 g/mol.